The highest BCUT2D eigenvalue weighted by Gasteiger charge is 2.34. The summed E-state index contributed by atoms with van der Waals surface area (Å²) < 4.78 is 44.1. The van der Waals surface area contributed by atoms with Crippen molar-refractivity contribution in [3.8, 4) is 17.0 Å². The van der Waals surface area contributed by atoms with Crippen molar-refractivity contribution in [2.24, 2.45) is 4.99 Å². The Kier molecular flexibility index (Phi) is 8.02. The van der Waals surface area contributed by atoms with Crippen LogP contribution >= 0.6 is 0 Å². The van der Waals surface area contributed by atoms with Crippen molar-refractivity contribution in [1.82, 2.24) is 19.4 Å². The molecule has 7 rings (SSSR count). The van der Waals surface area contributed by atoms with Crippen molar-refractivity contribution in [2.45, 2.75) is 44.8 Å². The Labute approximate surface area is 265 Å². The Morgan fingerprint density at radius 2 is 1.52 bits per heavy atom. The molecule has 238 valence electrons. The standard InChI is InChI=1S/C35H35F3N6O2/c1-23(40-33-31(41-30-22-39-16-17-44(30)33)26-12-14-27(15-13-26)46-35(36,37)38)34(45)43-20-18-42(19-21-43)32-28-8-4-2-6-24(28)10-11-25-7-3-5-9-29(25)32/h2-9,12-15,22-23,32,40H,10-11,16-21H2,1H3. The number of carbonyl (C=O) groups excluding carboxylic acids is 1. The van der Waals surface area contributed by atoms with Gasteiger partial charge in [-0.1, -0.05) is 48.5 Å². The zero-order valence-electron chi connectivity index (χ0n) is 25.5. The fourth-order valence-electron chi connectivity index (χ4n) is 6.89. The van der Waals surface area contributed by atoms with Gasteiger partial charge in [-0.05, 0) is 66.3 Å². The van der Waals surface area contributed by atoms with Crippen LogP contribution in [-0.2, 0) is 24.2 Å². The number of nitrogens with one attached hydrogen (secondary N) is 1. The van der Waals surface area contributed by atoms with E-state index in [2.05, 4.69) is 68.5 Å². The molecule has 1 unspecified atom stereocenters. The number of aliphatic imine (C=N–C) groups is 1. The summed E-state index contributed by atoms with van der Waals surface area (Å²) in [5.74, 6) is 0.935. The smallest absolute Gasteiger partial charge is 0.406 e. The average Bonchev–Trinajstić information content (AvgIpc) is 3.33. The van der Waals surface area contributed by atoms with Gasteiger partial charge in [0.2, 0.25) is 5.91 Å². The molecule has 1 aliphatic carbocycles. The van der Waals surface area contributed by atoms with Gasteiger partial charge in [0.1, 0.15) is 23.3 Å². The maximum atomic E-state index is 13.8. The third-order valence-corrected chi connectivity index (χ3v) is 9.10. The summed E-state index contributed by atoms with van der Waals surface area (Å²) in [6.45, 7) is 5.69. The molecule has 1 N–H and O–H groups in total. The average molecular weight is 629 g/mol. The number of nitrogens with zero attached hydrogens (tertiary/aromatic N) is 5. The second kappa shape index (κ2) is 12.3. The van der Waals surface area contributed by atoms with Crippen molar-refractivity contribution in [3.05, 3.63) is 101 Å². The van der Waals surface area contributed by atoms with Crippen LogP contribution < -0.4 is 10.1 Å². The number of piperazine rings is 1. The van der Waals surface area contributed by atoms with Crippen molar-refractivity contribution in [2.75, 3.05) is 38.0 Å². The molecule has 4 aromatic rings. The maximum absolute atomic E-state index is 13.8. The monoisotopic (exact) mass is 628 g/mol. The van der Waals surface area contributed by atoms with E-state index in [0.29, 0.717) is 49.1 Å². The van der Waals surface area contributed by atoms with E-state index in [-0.39, 0.29) is 17.7 Å². The molecule has 0 bridgehead atoms. The van der Waals surface area contributed by atoms with Gasteiger partial charge in [-0.15, -0.1) is 13.2 Å². The van der Waals surface area contributed by atoms with Crippen LogP contribution in [0.1, 0.15) is 41.0 Å². The molecule has 1 fully saturated rings. The third kappa shape index (κ3) is 5.99. The molecule has 1 saturated heterocycles. The van der Waals surface area contributed by atoms with Gasteiger partial charge in [-0.2, -0.15) is 0 Å². The number of fused-ring (bicyclic) bond motifs is 3. The molecule has 3 aromatic carbocycles. The Morgan fingerprint density at radius 1 is 0.891 bits per heavy atom. The van der Waals surface area contributed by atoms with E-state index >= 15 is 0 Å². The lowest BCUT2D eigenvalue weighted by atomic mass is 9.92. The quantitative estimate of drug-likeness (QED) is 0.296. The Morgan fingerprint density at radius 3 is 2.15 bits per heavy atom. The molecule has 46 heavy (non-hydrogen) atoms. The summed E-state index contributed by atoms with van der Waals surface area (Å²) in [4.78, 5) is 27.3. The largest absolute Gasteiger partial charge is 0.573 e. The number of aryl methyl sites for hydroxylation is 2. The zero-order chi connectivity index (χ0) is 31.8. The summed E-state index contributed by atoms with van der Waals surface area (Å²) in [7, 11) is 0. The van der Waals surface area contributed by atoms with Crippen LogP contribution in [0.2, 0.25) is 0 Å². The number of imidazole rings is 1. The van der Waals surface area contributed by atoms with Gasteiger partial charge in [0.15, 0.2) is 5.82 Å². The number of benzene rings is 3. The highest BCUT2D eigenvalue weighted by Crippen LogP contribution is 2.37. The predicted octanol–water partition coefficient (Wildman–Crippen LogP) is 5.71. The summed E-state index contributed by atoms with van der Waals surface area (Å²) >= 11 is 0. The Hall–Kier alpha value is -4.64. The second-order valence-corrected chi connectivity index (χ2v) is 12.0. The van der Waals surface area contributed by atoms with Crippen molar-refractivity contribution in [3.63, 3.8) is 0 Å². The molecule has 1 aromatic heterocycles. The van der Waals surface area contributed by atoms with Crippen LogP contribution in [0.3, 0.4) is 0 Å². The molecule has 3 aliphatic rings. The molecule has 11 heteroatoms. The van der Waals surface area contributed by atoms with Gasteiger partial charge < -0.3 is 19.5 Å². The van der Waals surface area contributed by atoms with Crippen molar-refractivity contribution < 1.29 is 22.7 Å². The SMILES string of the molecule is CC(Nc1c(-c2ccc(OC(F)(F)F)cc2)nc2n1CCN=C2)C(=O)N1CCN(C2c3ccccc3CCc3ccccc32)CC1. The molecule has 3 heterocycles. The number of hydrogen-bond acceptors (Lipinski definition) is 6. The summed E-state index contributed by atoms with van der Waals surface area (Å²) in [5, 5.41) is 3.40. The number of ether oxygens (including phenoxy) is 1. The molecule has 0 radical (unpaired) electrons. The van der Waals surface area contributed by atoms with Gasteiger partial charge in [0.25, 0.3) is 0 Å². The molecule has 8 nitrogen and oxygen atoms in total. The second-order valence-electron chi connectivity index (χ2n) is 12.0. The third-order valence-electron chi connectivity index (χ3n) is 9.10. The topological polar surface area (TPSA) is 75.0 Å². The van der Waals surface area contributed by atoms with Crippen molar-refractivity contribution in [1.29, 1.82) is 0 Å². The molecule has 0 spiro atoms. The number of alkyl halides is 3. The first-order valence-corrected chi connectivity index (χ1v) is 15.7. The number of amides is 1. The fraction of sp³-hybridized carbons (Fsp3) is 0.343. The van der Waals surface area contributed by atoms with Crippen LogP contribution in [0.15, 0.2) is 77.8 Å². The minimum atomic E-state index is -4.77. The maximum Gasteiger partial charge on any atom is 0.573 e. The van der Waals surface area contributed by atoms with Crippen LogP contribution in [0.5, 0.6) is 5.75 Å². The number of halogens is 3. The van der Waals surface area contributed by atoms with Crippen LogP contribution in [0.25, 0.3) is 11.3 Å². The number of carbonyl (C=O) groups is 1. The highest BCUT2D eigenvalue weighted by molar-refractivity contribution is 5.88. The summed E-state index contributed by atoms with van der Waals surface area (Å²) in [5.41, 5.74) is 6.60. The molecular weight excluding hydrogens is 593 g/mol. The van der Waals surface area contributed by atoms with Gasteiger partial charge in [0, 0.05) is 38.3 Å². The molecule has 1 amide bonds. The molecule has 1 atom stereocenters. The lowest BCUT2D eigenvalue weighted by Gasteiger charge is -2.41. The van der Waals surface area contributed by atoms with E-state index in [1.54, 1.807) is 6.21 Å². The lowest BCUT2D eigenvalue weighted by molar-refractivity contribution is -0.274. The van der Waals surface area contributed by atoms with Gasteiger partial charge in [-0.3, -0.25) is 14.7 Å². The van der Waals surface area contributed by atoms with E-state index in [9.17, 15) is 18.0 Å². The first kappa shape index (κ1) is 30.0. The van der Waals surface area contributed by atoms with Crippen LogP contribution in [0, 0.1) is 0 Å². The minimum absolute atomic E-state index is 0.0128. The van der Waals surface area contributed by atoms with Crippen molar-refractivity contribution >= 4 is 17.9 Å². The minimum Gasteiger partial charge on any atom is -0.406 e. The lowest BCUT2D eigenvalue weighted by Crippen LogP contribution is -2.53. The number of hydrogen-bond donors (Lipinski definition) is 1. The van der Waals surface area contributed by atoms with Crippen LogP contribution in [-0.4, -0.2) is 76.6 Å². The van der Waals surface area contributed by atoms with E-state index in [4.69, 9.17) is 4.98 Å². The molecular formula is C35H35F3N6O2. The van der Waals surface area contributed by atoms with Crippen LogP contribution in [0.4, 0.5) is 19.0 Å². The highest BCUT2D eigenvalue weighted by atomic mass is 19.4. The van der Waals surface area contributed by atoms with E-state index in [1.165, 1.54) is 46.5 Å². The zero-order valence-corrected chi connectivity index (χ0v) is 25.5. The van der Waals surface area contributed by atoms with E-state index in [1.807, 2.05) is 16.4 Å². The summed E-state index contributed by atoms with van der Waals surface area (Å²) in [6.07, 6.45) is -1.06. The number of anilines is 1. The van der Waals surface area contributed by atoms with Gasteiger partial charge in [0.05, 0.1) is 18.8 Å². The first-order valence-electron chi connectivity index (χ1n) is 15.7. The fourth-order valence-corrected chi connectivity index (χ4v) is 6.89. The molecule has 0 saturated carbocycles. The Balaban J connectivity index is 1.08. The number of rotatable bonds is 6. The molecule has 2 aliphatic heterocycles. The van der Waals surface area contributed by atoms with Gasteiger partial charge in [-0.25, -0.2) is 4.98 Å². The van der Waals surface area contributed by atoms with Gasteiger partial charge >= 0.3 is 6.36 Å². The first-order chi connectivity index (χ1) is 22.2. The number of aromatic nitrogens is 2. The predicted molar refractivity (Wildman–Crippen MR) is 170 cm³/mol. The van der Waals surface area contributed by atoms with E-state index < -0.39 is 12.4 Å². The normalized spacial score (nSPS) is 17.4. The Bertz CT molecular complexity index is 1710. The summed E-state index contributed by atoms with van der Waals surface area (Å²) in [6, 6.07) is 22.6. The van der Waals surface area contributed by atoms with E-state index in [0.717, 1.165) is 25.9 Å².